The summed E-state index contributed by atoms with van der Waals surface area (Å²) in [5.41, 5.74) is 1.50. The molecule has 3 aromatic rings. The lowest BCUT2D eigenvalue weighted by molar-refractivity contribution is 0.458. The Morgan fingerprint density at radius 3 is 3.23 bits per heavy atom. The molecule has 0 saturated carbocycles. The van der Waals surface area contributed by atoms with E-state index in [0.29, 0.717) is 5.78 Å². The molecule has 3 heterocycles. The fourth-order valence-electron chi connectivity index (χ4n) is 1.33. The van der Waals surface area contributed by atoms with Crippen LogP contribution in [-0.4, -0.2) is 29.7 Å². The number of fused-ring (bicyclic) bond motifs is 3. The Morgan fingerprint density at radius 2 is 2.31 bits per heavy atom. The van der Waals surface area contributed by atoms with E-state index < -0.39 is 0 Å². The van der Waals surface area contributed by atoms with Gasteiger partial charge in [-0.25, -0.2) is 4.98 Å². The molecule has 3 aromatic heterocycles. The topological polar surface area (TPSA) is 79.1 Å². The fraction of sp³-hybridized carbons (Fsp3) is 0. The van der Waals surface area contributed by atoms with E-state index in [1.54, 1.807) is 16.8 Å². The number of rotatable bonds is 0. The van der Waals surface area contributed by atoms with Gasteiger partial charge >= 0.3 is 0 Å². The van der Waals surface area contributed by atoms with Crippen molar-refractivity contribution in [2.75, 3.05) is 0 Å². The third-order valence-corrected chi connectivity index (χ3v) is 1.88. The first-order chi connectivity index (χ1) is 6.34. The lowest BCUT2D eigenvalue weighted by Gasteiger charge is -1.90. The molecule has 0 unspecified atom stereocenters. The van der Waals surface area contributed by atoms with Crippen LogP contribution in [0.2, 0.25) is 0 Å². The molecule has 6 heteroatoms. The number of aromatic nitrogens is 5. The summed E-state index contributed by atoms with van der Waals surface area (Å²) in [6, 6.07) is 1.58. The first-order valence-electron chi connectivity index (χ1n) is 3.71. The van der Waals surface area contributed by atoms with Crippen LogP contribution in [0, 0.1) is 0 Å². The van der Waals surface area contributed by atoms with Crippen molar-refractivity contribution in [2.24, 2.45) is 0 Å². The maximum absolute atomic E-state index is 9.21. The average molecular weight is 175 g/mol. The minimum atomic E-state index is 0.0970. The van der Waals surface area contributed by atoms with Gasteiger partial charge in [0.05, 0.1) is 17.2 Å². The number of aromatic hydroxyl groups is 1. The molecule has 6 nitrogen and oxygen atoms in total. The Hall–Kier alpha value is -2.11. The summed E-state index contributed by atoms with van der Waals surface area (Å²) >= 11 is 0. The van der Waals surface area contributed by atoms with Gasteiger partial charge in [0.1, 0.15) is 6.33 Å². The molecule has 2 N–H and O–H groups in total. The van der Waals surface area contributed by atoms with E-state index in [9.17, 15) is 5.11 Å². The summed E-state index contributed by atoms with van der Waals surface area (Å²) in [6.07, 6.45) is 3.03. The van der Waals surface area contributed by atoms with Crippen LogP contribution >= 0.6 is 0 Å². The van der Waals surface area contributed by atoms with Crippen molar-refractivity contribution in [3.05, 3.63) is 18.6 Å². The standard InChI is InChI=1S/C7H5N5O/c13-6-1-5-4(11-6)2-8-7-9-3-10-12(5)7/h1-3,11,13H. The summed E-state index contributed by atoms with van der Waals surface area (Å²) in [5, 5.41) is 13.2. The molecular formula is C7H5N5O. The number of nitrogens with one attached hydrogen (secondary N) is 1. The van der Waals surface area contributed by atoms with Crippen LogP contribution in [0.4, 0.5) is 0 Å². The van der Waals surface area contributed by atoms with Crippen LogP contribution < -0.4 is 0 Å². The van der Waals surface area contributed by atoms with Gasteiger partial charge < -0.3 is 10.1 Å². The van der Waals surface area contributed by atoms with Crippen LogP contribution in [0.3, 0.4) is 0 Å². The van der Waals surface area contributed by atoms with Gasteiger partial charge in [0.15, 0.2) is 5.88 Å². The maximum atomic E-state index is 9.21. The molecule has 0 amide bonds. The predicted octanol–water partition coefficient (Wildman–Crippen LogP) is 0.311. The lowest BCUT2D eigenvalue weighted by Crippen LogP contribution is -1.90. The Balaban J connectivity index is 2.64. The van der Waals surface area contributed by atoms with Gasteiger partial charge in [0.2, 0.25) is 0 Å². The van der Waals surface area contributed by atoms with Crippen molar-refractivity contribution < 1.29 is 5.11 Å². The monoisotopic (exact) mass is 175 g/mol. The molecule has 13 heavy (non-hydrogen) atoms. The lowest BCUT2D eigenvalue weighted by atomic mass is 10.5. The molecule has 0 atom stereocenters. The second kappa shape index (κ2) is 1.98. The molecule has 0 fully saturated rings. The van der Waals surface area contributed by atoms with Gasteiger partial charge in [-0.05, 0) is 0 Å². The number of hydrogen-bond acceptors (Lipinski definition) is 4. The zero-order valence-electron chi connectivity index (χ0n) is 6.47. The zero-order chi connectivity index (χ0) is 8.84. The predicted molar refractivity (Wildman–Crippen MR) is 44.3 cm³/mol. The molecule has 0 aliphatic heterocycles. The number of aromatic amines is 1. The normalized spacial score (nSPS) is 11.4. The van der Waals surface area contributed by atoms with Gasteiger partial charge in [-0.2, -0.15) is 14.6 Å². The highest BCUT2D eigenvalue weighted by molar-refractivity contribution is 5.78. The van der Waals surface area contributed by atoms with E-state index in [4.69, 9.17) is 0 Å². The van der Waals surface area contributed by atoms with Crippen LogP contribution in [0.15, 0.2) is 18.6 Å². The SMILES string of the molecule is Oc1cc2c(cnc3ncnn32)[nH]1. The quantitative estimate of drug-likeness (QED) is 0.515. The van der Waals surface area contributed by atoms with Crippen LogP contribution in [0.5, 0.6) is 5.88 Å². The molecule has 64 valence electrons. The number of H-pyrrole nitrogens is 1. The molecule has 3 rings (SSSR count). The molecule has 0 aliphatic carbocycles. The maximum Gasteiger partial charge on any atom is 0.252 e. The zero-order valence-corrected chi connectivity index (χ0v) is 6.47. The fourth-order valence-corrected chi connectivity index (χ4v) is 1.33. The largest absolute Gasteiger partial charge is 0.495 e. The third kappa shape index (κ3) is 0.738. The molecule has 0 radical (unpaired) electrons. The van der Waals surface area contributed by atoms with Crippen molar-refractivity contribution in [2.45, 2.75) is 0 Å². The highest BCUT2D eigenvalue weighted by Crippen LogP contribution is 2.17. The van der Waals surface area contributed by atoms with Gasteiger partial charge in [-0.3, -0.25) is 0 Å². The molecule has 0 aliphatic rings. The van der Waals surface area contributed by atoms with Crippen molar-refractivity contribution >= 4 is 16.8 Å². The van der Waals surface area contributed by atoms with Crippen LogP contribution in [-0.2, 0) is 0 Å². The van der Waals surface area contributed by atoms with Gasteiger partial charge in [-0.15, -0.1) is 0 Å². The molecule has 0 aromatic carbocycles. The number of nitrogens with zero attached hydrogens (tertiary/aromatic N) is 4. The van der Waals surface area contributed by atoms with Crippen LogP contribution in [0.25, 0.3) is 16.8 Å². The van der Waals surface area contributed by atoms with Crippen LogP contribution in [0.1, 0.15) is 0 Å². The summed E-state index contributed by atoms with van der Waals surface area (Å²) in [7, 11) is 0. The Morgan fingerprint density at radius 1 is 1.38 bits per heavy atom. The summed E-state index contributed by atoms with van der Waals surface area (Å²) in [5.74, 6) is 0.617. The van der Waals surface area contributed by atoms with Gasteiger partial charge in [0.25, 0.3) is 5.78 Å². The Bertz CT molecular complexity index is 581. The van der Waals surface area contributed by atoms with Crippen molar-refractivity contribution in [3.8, 4) is 5.88 Å². The van der Waals surface area contributed by atoms with Crippen molar-refractivity contribution in [3.63, 3.8) is 0 Å². The Labute approximate surface area is 71.9 Å². The molecular weight excluding hydrogens is 170 g/mol. The highest BCUT2D eigenvalue weighted by atomic mass is 16.3. The Kier molecular flexibility index (Phi) is 0.974. The minimum Gasteiger partial charge on any atom is -0.495 e. The first-order valence-corrected chi connectivity index (χ1v) is 3.71. The molecule has 0 bridgehead atoms. The van der Waals surface area contributed by atoms with E-state index in [0.717, 1.165) is 11.0 Å². The summed E-state index contributed by atoms with van der Waals surface area (Å²) in [6.45, 7) is 0. The van der Waals surface area contributed by atoms with Gasteiger partial charge in [0, 0.05) is 6.07 Å². The second-order valence-corrected chi connectivity index (χ2v) is 2.68. The van der Waals surface area contributed by atoms with E-state index in [1.807, 2.05) is 0 Å². The van der Waals surface area contributed by atoms with Crippen molar-refractivity contribution in [1.82, 2.24) is 24.6 Å². The van der Waals surface area contributed by atoms with E-state index in [2.05, 4.69) is 20.1 Å². The average Bonchev–Trinajstić information content (AvgIpc) is 2.65. The summed E-state index contributed by atoms with van der Waals surface area (Å²) in [4.78, 5) is 10.7. The van der Waals surface area contributed by atoms with E-state index in [1.165, 1.54) is 6.33 Å². The van der Waals surface area contributed by atoms with Gasteiger partial charge in [-0.1, -0.05) is 0 Å². The van der Waals surface area contributed by atoms with Crippen molar-refractivity contribution in [1.29, 1.82) is 0 Å². The first kappa shape index (κ1) is 6.41. The third-order valence-electron chi connectivity index (χ3n) is 1.88. The minimum absolute atomic E-state index is 0.0970. The van der Waals surface area contributed by atoms with E-state index >= 15 is 0 Å². The highest BCUT2D eigenvalue weighted by Gasteiger charge is 2.05. The van der Waals surface area contributed by atoms with E-state index in [-0.39, 0.29) is 5.88 Å². The smallest absolute Gasteiger partial charge is 0.252 e. The molecule has 0 spiro atoms. The second-order valence-electron chi connectivity index (χ2n) is 2.68. The number of hydrogen-bond donors (Lipinski definition) is 2. The summed E-state index contributed by atoms with van der Waals surface area (Å²) < 4.78 is 1.56. The molecule has 0 saturated heterocycles.